The summed E-state index contributed by atoms with van der Waals surface area (Å²) in [7, 11) is 0. The molecule has 0 aliphatic carbocycles. The summed E-state index contributed by atoms with van der Waals surface area (Å²) in [5, 5.41) is 11.3. The number of thioether (sulfide) groups is 1. The average molecular weight is 320 g/mol. The Labute approximate surface area is 134 Å². The molecular weight excluding hydrogens is 300 g/mol. The highest BCUT2D eigenvalue weighted by molar-refractivity contribution is 8.00. The summed E-state index contributed by atoms with van der Waals surface area (Å²) in [5.41, 5.74) is 2.01. The molecule has 0 radical (unpaired) electrons. The van der Waals surface area contributed by atoms with Crippen LogP contribution in [0.2, 0.25) is 0 Å². The Morgan fingerprint density at radius 2 is 2.05 bits per heavy atom. The summed E-state index contributed by atoms with van der Waals surface area (Å²) in [5.74, 6) is 1.14. The molecular formula is C16H20N2OS2. The van der Waals surface area contributed by atoms with Crippen molar-refractivity contribution in [2.24, 2.45) is 0 Å². The molecule has 3 nitrogen and oxygen atoms in total. The Bertz CT molecular complexity index is 600. The van der Waals surface area contributed by atoms with Crippen molar-refractivity contribution < 1.29 is 5.11 Å². The molecule has 0 amide bonds. The predicted molar refractivity (Wildman–Crippen MR) is 92.2 cm³/mol. The maximum atomic E-state index is 9.66. The van der Waals surface area contributed by atoms with Crippen LogP contribution in [0.3, 0.4) is 0 Å². The van der Waals surface area contributed by atoms with Gasteiger partial charge in [0.2, 0.25) is 0 Å². The Kier molecular flexibility index (Phi) is 4.52. The largest absolute Gasteiger partial charge is 0.391 e. The molecule has 1 aromatic carbocycles. The zero-order chi connectivity index (χ0) is 14.8. The second-order valence-electron chi connectivity index (χ2n) is 5.30. The van der Waals surface area contributed by atoms with E-state index < -0.39 is 0 Å². The minimum atomic E-state index is 0.0500. The lowest BCUT2D eigenvalue weighted by molar-refractivity contribution is 0.286. The molecule has 2 heterocycles. The number of aliphatic hydroxyl groups excluding tert-OH is 1. The Balaban J connectivity index is 1.96. The van der Waals surface area contributed by atoms with E-state index in [1.54, 1.807) is 11.3 Å². The van der Waals surface area contributed by atoms with Crippen LogP contribution in [0.25, 0.3) is 11.3 Å². The summed E-state index contributed by atoms with van der Waals surface area (Å²) in [6.07, 6.45) is 0. The molecule has 2 unspecified atom stereocenters. The molecule has 21 heavy (non-hydrogen) atoms. The molecule has 2 aromatic rings. The highest BCUT2D eigenvalue weighted by atomic mass is 32.2. The van der Waals surface area contributed by atoms with E-state index in [1.165, 1.54) is 0 Å². The monoisotopic (exact) mass is 320 g/mol. The third-order valence-electron chi connectivity index (χ3n) is 4.01. The van der Waals surface area contributed by atoms with Crippen molar-refractivity contribution in [3.05, 3.63) is 35.2 Å². The van der Waals surface area contributed by atoms with Gasteiger partial charge in [-0.25, -0.2) is 4.98 Å². The number of nitrogens with zero attached hydrogens (tertiary/aromatic N) is 2. The van der Waals surface area contributed by atoms with Crippen LogP contribution < -0.4 is 4.90 Å². The van der Waals surface area contributed by atoms with Crippen LogP contribution in [-0.2, 0) is 6.61 Å². The first-order valence-electron chi connectivity index (χ1n) is 7.25. The lowest BCUT2D eigenvalue weighted by Crippen LogP contribution is -2.44. The van der Waals surface area contributed by atoms with Gasteiger partial charge in [-0.15, -0.1) is 0 Å². The molecule has 3 rings (SSSR count). The highest BCUT2D eigenvalue weighted by Gasteiger charge is 2.28. The van der Waals surface area contributed by atoms with Crippen LogP contribution in [-0.4, -0.2) is 33.7 Å². The molecule has 5 heteroatoms. The smallest absolute Gasteiger partial charge is 0.186 e. The summed E-state index contributed by atoms with van der Waals surface area (Å²) in [6, 6.07) is 10.6. The minimum Gasteiger partial charge on any atom is -0.391 e. The standard InChI is InChI=1S/C16H20N2OS2/c1-11-12(2)20-9-8-18(11)16-17-15(14(10-19)21-16)13-6-4-3-5-7-13/h3-7,11-12,19H,8-10H2,1-2H3. The fourth-order valence-corrected chi connectivity index (χ4v) is 4.75. The topological polar surface area (TPSA) is 36.4 Å². The average Bonchev–Trinajstić information content (AvgIpc) is 2.95. The first kappa shape index (κ1) is 14.9. The number of benzene rings is 1. The van der Waals surface area contributed by atoms with E-state index in [-0.39, 0.29) is 6.61 Å². The van der Waals surface area contributed by atoms with E-state index in [9.17, 15) is 5.11 Å². The van der Waals surface area contributed by atoms with Crippen molar-refractivity contribution in [3.63, 3.8) is 0 Å². The van der Waals surface area contributed by atoms with Gasteiger partial charge < -0.3 is 10.0 Å². The number of anilines is 1. The van der Waals surface area contributed by atoms with E-state index in [1.807, 2.05) is 30.0 Å². The summed E-state index contributed by atoms with van der Waals surface area (Å²) in [4.78, 5) is 8.17. The van der Waals surface area contributed by atoms with E-state index >= 15 is 0 Å². The SMILES string of the molecule is CC1SCCN(c2nc(-c3ccccc3)c(CO)s2)C1C. The van der Waals surface area contributed by atoms with Gasteiger partial charge in [0.25, 0.3) is 0 Å². The molecule has 0 bridgehead atoms. The van der Waals surface area contributed by atoms with Crippen molar-refractivity contribution >= 4 is 28.2 Å². The molecule has 1 saturated heterocycles. The Hall–Kier alpha value is -1.04. The van der Waals surface area contributed by atoms with Gasteiger partial charge in [-0.1, -0.05) is 48.6 Å². The molecule has 1 aliphatic rings. The van der Waals surface area contributed by atoms with Gasteiger partial charge in [0.1, 0.15) is 0 Å². The van der Waals surface area contributed by atoms with Gasteiger partial charge in [0.05, 0.1) is 17.2 Å². The van der Waals surface area contributed by atoms with E-state index in [4.69, 9.17) is 4.98 Å². The number of hydrogen-bond acceptors (Lipinski definition) is 5. The molecule has 1 aromatic heterocycles. The lowest BCUT2D eigenvalue weighted by Gasteiger charge is -2.37. The van der Waals surface area contributed by atoms with Gasteiger partial charge >= 0.3 is 0 Å². The van der Waals surface area contributed by atoms with Crippen molar-refractivity contribution in [3.8, 4) is 11.3 Å². The van der Waals surface area contributed by atoms with Gasteiger partial charge in [-0.05, 0) is 6.92 Å². The first-order chi connectivity index (χ1) is 10.2. The lowest BCUT2D eigenvalue weighted by atomic mass is 10.1. The van der Waals surface area contributed by atoms with E-state index in [2.05, 4.69) is 30.9 Å². The number of aliphatic hydroxyl groups is 1. The van der Waals surface area contributed by atoms with Crippen LogP contribution in [0, 0.1) is 0 Å². The molecule has 1 fully saturated rings. The summed E-state index contributed by atoms with van der Waals surface area (Å²) < 4.78 is 0. The number of aromatic nitrogens is 1. The zero-order valence-corrected chi connectivity index (χ0v) is 14.0. The molecule has 112 valence electrons. The highest BCUT2D eigenvalue weighted by Crippen LogP contribution is 2.36. The molecule has 0 spiro atoms. The van der Waals surface area contributed by atoms with Gasteiger partial charge in [-0.2, -0.15) is 11.8 Å². The van der Waals surface area contributed by atoms with E-state index in [0.29, 0.717) is 11.3 Å². The maximum Gasteiger partial charge on any atom is 0.186 e. The Morgan fingerprint density at radius 3 is 2.76 bits per heavy atom. The number of hydrogen-bond donors (Lipinski definition) is 1. The summed E-state index contributed by atoms with van der Waals surface area (Å²) >= 11 is 3.65. The van der Waals surface area contributed by atoms with Gasteiger partial charge in [0, 0.05) is 29.2 Å². The second-order valence-corrected chi connectivity index (χ2v) is 7.85. The molecule has 0 saturated carbocycles. The molecule has 1 N–H and O–H groups in total. The first-order valence-corrected chi connectivity index (χ1v) is 9.11. The van der Waals surface area contributed by atoms with Crippen LogP contribution >= 0.6 is 23.1 Å². The maximum absolute atomic E-state index is 9.66. The minimum absolute atomic E-state index is 0.0500. The fraction of sp³-hybridized carbons (Fsp3) is 0.438. The number of rotatable bonds is 3. The van der Waals surface area contributed by atoms with Crippen molar-refractivity contribution in [1.29, 1.82) is 0 Å². The Morgan fingerprint density at radius 1 is 1.29 bits per heavy atom. The third-order valence-corrected chi connectivity index (χ3v) is 6.42. The molecule has 1 aliphatic heterocycles. The van der Waals surface area contributed by atoms with Crippen LogP contribution in [0.4, 0.5) is 5.13 Å². The van der Waals surface area contributed by atoms with Gasteiger partial charge in [0.15, 0.2) is 5.13 Å². The van der Waals surface area contributed by atoms with Crippen molar-refractivity contribution in [2.75, 3.05) is 17.2 Å². The second kappa shape index (κ2) is 6.38. The fourth-order valence-electron chi connectivity index (χ4n) is 2.59. The summed E-state index contributed by atoms with van der Waals surface area (Å²) in [6.45, 7) is 5.62. The quantitative estimate of drug-likeness (QED) is 0.937. The third kappa shape index (κ3) is 2.96. The van der Waals surface area contributed by atoms with Crippen LogP contribution in [0.15, 0.2) is 30.3 Å². The zero-order valence-electron chi connectivity index (χ0n) is 12.3. The van der Waals surface area contributed by atoms with Crippen molar-refractivity contribution in [2.45, 2.75) is 31.7 Å². The normalized spacial score (nSPS) is 22.5. The van der Waals surface area contributed by atoms with Crippen molar-refractivity contribution in [1.82, 2.24) is 4.98 Å². The van der Waals surface area contributed by atoms with E-state index in [0.717, 1.165) is 33.6 Å². The number of thiazole rings is 1. The molecule has 2 atom stereocenters. The van der Waals surface area contributed by atoms with Crippen LogP contribution in [0.5, 0.6) is 0 Å². The predicted octanol–water partition coefficient (Wildman–Crippen LogP) is 3.63. The van der Waals surface area contributed by atoms with Crippen LogP contribution in [0.1, 0.15) is 18.7 Å². The van der Waals surface area contributed by atoms with Gasteiger partial charge in [-0.3, -0.25) is 0 Å².